The summed E-state index contributed by atoms with van der Waals surface area (Å²) in [5.74, 6) is -0.964. The number of nitrogens with one attached hydrogen (secondary N) is 1. The van der Waals surface area contributed by atoms with Gasteiger partial charge in [0.1, 0.15) is 5.82 Å². The standard InChI is InChI=1S/C19H18FNO3/c1-11(2)12-3-8-16-13(9-12)10-17(24-19(16)23)18(22)21-15-6-4-14(20)5-7-15/h3-9,11,17H,10H2,1-2H3,(H,21,22). The van der Waals surface area contributed by atoms with Gasteiger partial charge in [-0.2, -0.15) is 0 Å². The molecule has 1 atom stereocenters. The van der Waals surface area contributed by atoms with Crippen LogP contribution in [0, 0.1) is 5.82 Å². The van der Waals surface area contributed by atoms with E-state index in [1.54, 1.807) is 6.07 Å². The van der Waals surface area contributed by atoms with Crippen LogP contribution in [0.3, 0.4) is 0 Å². The van der Waals surface area contributed by atoms with Gasteiger partial charge in [-0.3, -0.25) is 4.79 Å². The summed E-state index contributed by atoms with van der Waals surface area (Å²) in [5.41, 5.74) is 2.89. The Labute approximate surface area is 139 Å². The van der Waals surface area contributed by atoms with Gasteiger partial charge < -0.3 is 10.1 Å². The zero-order chi connectivity index (χ0) is 17.3. The molecule has 1 amide bonds. The molecule has 0 aliphatic carbocycles. The maximum Gasteiger partial charge on any atom is 0.339 e. The quantitative estimate of drug-likeness (QED) is 0.875. The van der Waals surface area contributed by atoms with Crippen LogP contribution in [-0.2, 0) is 16.0 Å². The first kappa shape index (κ1) is 16.2. The van der Waals surface area contributed by atoms with Crippen molar-refractivity contribution in [3.63, 3.8) is 0 Å². The number of carbonyl (C=O) groups is 2. The van der Waals surface area contributed by atoms with Gasteiger partial charge in [-0.15, -0.1) is 0 Å². The minimum Gasteiger partial charge on any atom is -0.448 e. The summed E-state index contributed by atoms with van der Waals surface area (Å²) >= 11 is 0. The van der Waals surface area contributed by atoms with E-state index in [2.05, 4.69) is 19.2 Å². The number of cyclic esters (lactones) is 1. The number of rotatable bonds is 3. The Morgan fingerprint density at radius 3 is 2.58 bits per heavy atom. The van der Waals surface area contributed by atoms with Gasteiger partial charge in [0.2, 0.25) is 0 Å². The highest BCUT2D eigenvalue weighted by molar-refractivity contribution is 6.00. The molecule has 1 N–H and O–H groups in total. The van der Waals surface area contributed by atoms with E-state index in [1.807, 2.05) is 12.1 Å². The van der Waals surface area contributed by atoms with Crippen LogP contribution in [0.15, 0.2) is 42.5 Å². The zero-order valence-corrected chi connectivity index (χ0v) is 13.5. The normalized spacial score (nSPS) is 16.5. The molecular formula is C19H18FNO3. The number of hydrogen-bond acceptors (Lipinski definition) is 3. The second-order valence-corrected chi connectivity index (χ2v) is 6.17. The summed E-state index contributed by atoms with van der Waals surface area (Å²) < 4.78 is 18.2. The Kier molecular flexibility index (Phi) is 4.34. The third-order valence-corrected chi connectivity index (χ3v) is 4.07. The van der Waals surface area contributed by atoms with Gasteiger partial charge in [-0.25, -0.2) is 9.18 Å². The van der Waals surface area contributed by atoms with Gasteiger partial charge >= 0.3 is 5.97 Å². The molecule has 0 saturated heterocycles. The molecule has 1 heterocycles. The highest BCUT2D eigenvalue weighted by Gasteiger charge is 2.31. The second-order valence-electron chi connectivity index (χ2n) is 6.17. The van der Waals surface area contributed by atoms with Crippen LogP contribution in [0.1, 0.15) is 41.3 Å². The lowest BCUT2D eigenvalue weighted by molar-refractivity contribution is -0.125. The molecule has 0 spiro atoms. The van der Waals surface area contributed by atoms with Crippen molar-refractivity contribution in [1.82, 2.24) is 0 Å². The fraction of sp³-hybridized carbons (Fsp3) is 0.263. The molecule has 3 rings (SSSR count). The van der Waals surface area contributed by atoms with Gasteiger partial charge in [-0.1, -0.05) is 26.0 Å². The molecule has 1 aliphatic heterocycles. The number of esters is 1. The molecule has 1 unspecified atom stereocenters. The molecule has 0 saturated carbocycles. The average molecular weight is 327 g/mol. The summed E-state index contributed by atoms with van der Waals surface area (Å²) in [6.45, 7) is 4.14. The molecule has 24 heavy (non-hydrogen) atoms. The summed E-state index contributed by atoms with van der Waals surface area (Å²) in [4.78, 5) is 24.5. The van der Waals surface area contributed by atoms with Crippen LogP contribution < -0.4 is 5.32 Å². The van der Waals surface area contributed by atoms with Crippen molar-refractivity contribution in [2.45, 2.75) is 32.3 Å². The predicted molar refractivity (Wildman–Crippen MR) is 88.5 cm³/mol. The monoisotopic (exact) mass is 327 g/mol. The third kappa shape index (κ3) is 3.30. The van der Waals surface area contributed by atoms with Crippen molar-refractivity contribution in [1.29, 1.82) is 0 Å². The topological polar surface area (TPSA) is 55.4 Å². The van der Waals surface area contributed by atoms with Gasteiger partial charge in [0.05, 0.1) is 5.56 Å². The van der Waals surface area contributed by atoms with E-state index in [9.17, 15) is 14.0 Å². The first-order valence-electron chi connectivity index (χ1n) is 7.84. The highest BCUT2D eigenvalue weighted by atomic mass is 19.1. The van der Waals surface area contributed by atoms with Crippen molar-refractivity contribution >= 4 is 17.6 Å². The van der Waals surface area contributed by atoms with Crippen LogP contribution in [0.2, 0.25) is 0 Å². The molecular weight excluding hydrogens is 309 g/mol. The van der Waals surface area contributed by atoms with Crippen LogP contribution >= 0.6 is 0 Å². The number of ether oxygens (including phenoxy) is 1. The smallest absolute Gasteiger partial charge is 0.339 e. The predicted octanol–water partition coefficient (Wildman–Crippen LogP) is 3.67. The number of fused-ring (bicyclic) bond motifs is 1. The van der Waals surface area contributed by atoms with Crippen molar-refractivity contribution in [2.75, 3.05) is 5.32 Å². The molecule has 2 aromatic carbocycles. The molecule has 0 aromatic heterocycles. The van der Waals surface area contributed by atoms with Crippen molar-refractivity contribution in [2.24, 2.45) is 0 Å². The first-order chi connectivity index (χ1) is 11.4. The number of anilines is 1. The molecule has 2 aromatic rings. The fourth-order valence-electron chi connectivity index (χ4n) is 2.68. The Bertz CT molecular complexity index is 784. The van der Waals surface area contributed by atoms with Gasteiger partial charge in [0, 0.05) is 12.1 Å². The van der Waals surface area contributed by atoms with Crippen LogP contribution in [0.4, 0.5) is 10.1 Å². The highest BCUT2D eigenvalue weighted by Crippen LogP contribution is 2.26. The molecule has 4 nitrogen and oxygen atoms in total. The summed E-state index contributed by atoms with van der Waals surface area (Å²) in [6.07, 6.45) is -0.563. The van der Waals surface area contributed by atoms with E-state index < -0.39 is 18.0 Å². The molecule has 124 valence electrons. The minimum absolute atomic E-state index is 0.328. The van der Waals surface area contributed by atoms with E-state index in [4.69, 9.17) is 4.74 Å². The number of hydrogen-bond donors (Lipinski definition) is 1. The first-order valence-corrected chi connectivity index (χ1v) is 7.84. The van der Waals surface area contributed by atoms with E-state index in [0.29, 0.717) is 23.6 Å². The molecule has 0 bridgehead atoms. The van der Waals surface area contributed by atoms with Crippen molar-refractivity contribution in [3.8, 4) is 0 Å². The number of benzene rings is 2. The average Bonchev–Trinajstić information content (AvgIpc) is 2.56. The lowest BCUT2D eigenvalue weighted by atomic mass is 9.92. The summed E-state index contributed by atoms with van der Waals surface area (Å²) in [5, 5.41) is 2.64. The Morgan fingerprint density at radius 1 is 1.21 bits per heavy atom. The van der Waals surface area contributed by atoms with Gasteiger partial charge in [-0.05, 0) is 47.4 Å². The minimum atomic E-state index is -0.891. The lowest BCUT2D eigenvalue weighted by Crippen LogP contribution is -2.38. The van der Waals surface area contributed by atoms with Gasteiger partial charge in [0.15, 0.2) is 6.10 Å². The molecule has 1 aliphatic rings. The largest absolute Gasteiger partial charge is 0.448 e. The van der Waals surface area contributed by atoms with E-state index >= 15 is 0 Å². The van der Waals surface area contributed by atoms with Crippen molar-refractivity contribution in [3.05, 3.63) is 65.0 Å². The maximum absolute atomic E-state index is 12.9. The maximum atomic E-state index is 12.9. The van der Waals surface area contributed by atoms with Crippen LogP contribution in [0.5, 0.6) is 0 Å². The second kappa shape index (κ2) is 6.43. The SMILES string of the molecule is CC(C)c1ccc2c(c1)CC(C(=O)Nc1ccc(F)cc1)OC2=O. The van der Waals surface area contributed by atoms with E-state index in [-0.39, 0.29) is 5.82 Å². The number of amides is 1. The van der Waals surface area contributed by atoms with Crippen molar-refractivity contribution < 1.29 is 18.7 Å². The molecule has 0 fully saturated rings. The van der Waals surface area contributed by atoms with Crippen LogP contribution in [-0.4, -0.2) is 18.0 Å². The molecule has 0 radical (unpaired) electrons. The fourth-order valence-corrected chi connectivity index (χ4v) is 2.68. The number of carbonyl (C=O) groups excluding carboxylic acids is 2. The Balaban J connectivity index is 1.78. The van der Waals surface area contributed by atoms with E-state index in [1.165, 1.54) is 24.3 Å². The Morgan fingerprint density at radius 2 is 1.92 bits per heavy atom. The van der Waals surface area contributed by atoms with Gasteiger partial charge in [0.25, 0.3) is 5.91 Å². The number of halogens is 1. The zero-order valence-electron chi connectivity index (χ0n) is 13.5. The molecule has 5 heteroatoms. The lowest BCUT2D eigenvalue weighted by Gasteiger charge is -2.24. The Hall–Kier alpha value is -2.69. The third-order valence-electron chi connectivity index (χ3n) is 4.07. The van der Waals surface area contributed by atoms with Crippen LogP contribution in [0.25, 0.3) is 0 Å². The summed E-state index contributed by atoms with van der Waals surface area (Å²) in [6, 6.07) is 11.0. The summed E-state index contributed by atoms with van der Waals surface area (Å²) in [7, 11) is 0. The van der Waals surface area contributed by atoms with E-state index in [0.717, 1.165) is 11.1 Å².